The smallest absolute Gasteiger partial charge is 0.319 e. The van der Waals surface area contributed by atoms with Gasteiger partial charge in [-0.15, -0.1) is 0 Å². The van der Waals surface area contributed by atoms with E-state index < -0.39 is 0 Å². The van der Waals surface area contributed by atoms with Gasteiger partial charge in [0.05, 0.1) is 0 Å². The summed E-state index contributed by atoms with van der Waals surface area (Å²) in [5.74, 6) is -0.0331. The number of Topliss-reactive ketones (excluding diaryl/α,β-unsaturated/α-hetero) is 1. The minimum Gasteiger partial charge on any atom is -0.337 e. The van der Waals surface area contributed by atoms with Crippen molar-refractivity contribution in [3.63, 3.8) is 0 Å². The number of hydrogen-bond donors (Lipinski definition) is 2. The molecule has 0 aliphatic carbocycles. The predicted octanol–water partition coefficient (Wildman–Crippen LogP) is 2.65. The summed E-state index contributed by atoms with van der Waals surface area (Å²) in [5, 5.41) is 5.45. The van der Waals surface area contributed by atoms with Crippen LogP contribution in [-0.2, 0) is 6.42 Å². The molecule has 0 aliphatic heterocycles. The molecule has 2 aromatic rings. The average molecular weight is 283 g/mol. The Balaban J connectivity index is 1.82. The number of carbonyl (C=O) groups is 2. The third kappa shape index (κ3) is 4.72. The maximum atomic E-state index is 11.8. The Morgan fingerprint density at radius 2 is 2.00 bits per heavy atom. The van der Waals surface area contributed by atoms with Gasteiger partial charge in [-0.05, 0) is 31.2 Å². The fourth-order valence-electron chi connectivity index (χ4n) is 1.84. The third-order valence-corrected chi connectivity index (χ3v) is 2.92. The summed E-state index contributed by atoms with van der Waals surface area (Å²) in [4.78, 5) is 27.2. The van der Waals surface area contributed by atoms with Gasteiger partial charge in [0.15, 0.2) is 5.78 Å². The topological polar surface area (TPSA) is 71.1 Å². The monoisotopic (exact) mass is 283 g/mol. The van der Waals surface area contributed by atoms with Gasteiger partial charge in [-0.1, -0.05) is 18.2 Å². The van der Waals surface area contributed by atoms with Gasteiger partial charge >= 0.3 is 6.03 Å². The van der Waals surface area contributed by atoms with Crippen LogP contribution in [0.1, 0.15) is 23.0 Å². The molecule has 0 bridgehead atoms. The van der Waals surface area contributed by atoms with Gasteiger partial charge in [0.25, 0.3) is 0 Å². The Bertz CT molecular complexity index is 626. The van der Waals surface area contributed by atoms with Gasteiger partial charge in [-0.25, -0.2) is 4.79 Å². The molecule has 2 N–H and O–H groups in total. The number of benzene rings is 1. The highest BCUT2D eigenvalue weighted by Crippen LogP contribution is 2.10. The highest BCUT2D eigenvalue weighted by atomic mass is 16.2. The molecule has 1 heterocycles. The molecule has 108 valence electrons. The van der Waals surface area contributed by atoms with Crippen LogP contribution in [0.15, 0.2) is 48.7 Å². The van der Waals surface area contributed by atoms with Gasteiger partial charge < -0.3 is 10.6 Å². The Kier molecular flexibility index (Phi) is 5.04. The van der Waals surface area contributed by atoms with Gasteiger partial charge in [0, 0.05) is 36.1 Å². The number of aromatic nitrogens is 1. The van der Waals surface area contributed by atoms with Gasteiger partial charge in [-0.3, -0.25) is 9.78 Å². The van der Waals surface area contributed by atoms with Gasteiger partial charge in [0.1, 0.15) is 0 Å². The van der Waals surface area contributed by atoms with Crippen molar-refractivity contribution >= 4 is 17.5 Å². The van der Waals surface area contributed by atoms with E-state index in [0.717, 1.165) is 5.69 Å². The highest BCUT2D eigenvalue weighted by Gasteiger charge is 2.04. The van der Waals surface area contributed by atoms with Crippen LogP contribution in [-0.4, -0.2) is 23.3 Å². The van der Waals surface area contributed by atoms with E-state index in [1.165, 1.54) is 6.92 Å². The molecule has 5 heteroatoms. The first-order valence-corrected chi connectivity index (χ1v) is 6.71. The highest BCUT2D eigenvalue weighted by molar-refractivity contribution is 5.96. The zero-order valence-electron chi connectivity index (χ0n) is 11.8. The van der Waals surface area contributed by atoms with Gasteiger partial charge in [-0.2, -0.15) is 0 Å². The van der Waals surface area contributed by atoms with E-state index in [1.54, 1.807) is 30.5 Å². The first kappa shape index (κ1) is 14.7. The summed E-state index contributed by atoms with van der Waals surface area (Å²) < 4.78 is 0. The zero-order chi connectivity index (χ0) is 15.1. The van der Waals surface area contributed by atoms with E-state index in [4.69, 9.17) is 0 Å². The molecule has 1 aromatic carbocycles. The average Bonchev–Trinajstić information content (AvgIpc) is 2.48. The number of ketones is 1. The molecule has 0 saturated heterocycles. The van der Waals surface area contributed by atoms with Crippen LogP contribution in [0, 0.1) is 0 Å². The van der Waals surface area contributed by atoms with E-state index in [-0.39, 0.29) is 11.8 Å². The molecule has 0 fully saturated rings. The largest absolute Gasteiger partial charge is 0.337 e. The summed E-state index contributed by atoms with van der Waals surface area (Å²) in [6.07, 6.45) is 2.39. The molecule has 0 aliphatic rings. The molecule has 0 saturated carbocycles. The van der Waals surface area contributed by atoms with Crippen molar-refractivity contribution in [1.82, 2.24) is 10.3 Å². The van der Waals surface area contributed by atoms with Gasteiger partial charge in [0.2, 0.25) is 0 Å². The first-order chi connectivity index (χ1) is 10.1. The lowest BCUT2D eigenvalue weighted by atomic mass is 10.1. The molecule has 2 rings (SSSR count). The molecule has 0 unspecified atom stereocenters. The molecule has 0 atom stereocenters. The Morgan fingerprint density at radius 3 is 2.71 bits per heavy atom. The lowest BCUT2D eigenvalue weighted by Crippen LogP contribution is -2.30. The Hall–Kier alpha value is -2.69. The lowest BCUT2D eigenvalue weighted by Gasteiger charge is -2.08. The minimum absolute atomic E-state index is 0.0331. The molecular weight excluding hydrogens is 266 g/mol. The van der Waals surface area contributed by atoms with E-state index in [0.29, 0.717) is 24.2 Å². The number of urea groups is 1. The summed E-state index contributed by atoms with van der Waals surface area (Å²) in [6.45, 7) is 1.99. The quantitative estimate of drug-likeness (QED) is 0.829. The molecule has 5 nitrogen and oxygen atoms in total. The maximum absolute atomic E-state index is 11.8. The number of nitrogens with one attached hydrogen (secondary N) is 2. The van der Waals surface area contributed by atoms with Crippen molar-refractivity contribution < 1.29 is 9.59 Å². The van der Waals surface area contributed by atoms with Crippen molar-refractivity contribution in [1.29, 1.82) is 0 Å². The molecule has 2 amide bonds. The number of rotatable bonds is 5. The number of nitrogens with zero attached hydrogens (tertiary/aromatic N) is 1. The van der Waals surface area contributed by atoms with Crippen LogP contribution in [0.3, 0.4) is 0 Å². The fraction of sp³-hybridized carbons (Fsp3) is 0.188. The zero-order valence-corrected chi connectivity index (χ0v) is 11.8. The summed E-state index contributed by atoms with van der Waals surface area (Å²) in [6, 6.07) is 12.2. The summed E-state index contributed by atoms with van der Waals surface area (Å²) in [7, 11) is 0. The van der Waals surface area contributed by atoms with Crippen LogP contribution < -0.4 is 10.6 Å². The molecule has 0 spiro atoms. The molecule has 1 aromatic heterocycles. The van der Waals surface area contributed by atoms with Crippen LogP contribution >= 0.6 is 0 Å². The first-order valence-electron chi connectivity index (χ1n) is 6.71. The Labute approximate surface area is 123 Å². The second-order valence-corrected chi connectivity index (χ2v) is 4.59. The van der Waals surface area contributed by atoms with E-state index in [2.05, 4.69) is 15.6 Å². The second kappa shape index (κ2) is 7.19. The van der Waals surface area contributed by atoms with Crippen molar-refractivity contribution in [2.24, 2.45) is 0 Å². The SMILES string of the molecule is CC(=O)c1cccc(NC(=O)NCCc2ccccn2)c1. The molecular formula is C16H17N3O2. The molecule has 0 radical (unpaired) electrons. The summed E-state index contributed by atoms with van der Waals surface area (Å²) >= 11 is 0. The van der Waals surface area contributed by atoms with Crippen molar-refractivity contribution in [2.45, 2.75) is 13.3 Å². The molecule has 21 heavy (non-hydrogen) atoms. The van der Waals surface area contributed by atoms with Crippen LogP contribution in [0.2, 0.25) is 0 Å². The number of hydrogen-bond acceptors (Lipinski definition) is 3. The van der Waals surface area contributed by atoms with Crippen molar-refractivity contribution in [2.75, 3.05) is 11.9 Å². The maximum Gasteiger partial charge on any atom is 0.319 e. The number of amides is 2. The van der Waals surface area contributed by atoms with E-state index >= 15 is 0 Å². The van der Waals surface area contributed by atoms with E-state index in [9.17, 15) is 9.59 Å². The normalized spacial score (nSPS) is 9.95. The van der Waals surface area contributed by atoms with Crippen molar-refractivity contribution in [3.8, 4) is 0 Å². The number of anilines is 1. The number of pyridine rings is 1. The fourth-order valence-corrected chi connectivity index (χ4v) is 1.84. The third-order valence-electron chi connectivity index (χ3n) is 2.92. The van der Waals surface area contributed by atoms with Crippen molar-refractivity contribution in [3.05, 3.63) is 59.9 Å². The standard InChI is InChI=1S/C16H17N3O2/c1-12(20)13-5-4-7-15(11-13)19-16(21)18-10-8-14-6-2-3-9-17-14/h2-7,9,11H,8,10H2,1H3,(H2,18,19,21). The van der Waals surface area contributed by atoms with Crippen LogP contribution in [0.4, 0.5) is 10.5 Å². The Morgan fingerprint density at radius 1 is 1.14 bits per heavy atom. The minimum atomic E-state index is -0.299. The van der Waals surface area contributed by atoms with E-state index in [1.807, 2.05) is 18.2 Å². The van der Waals surface area contributed by atoms with Crippen LogP contribution in [0.5, 0.6) is 0 Å². The second-order valence-electron chi connectivity index (χ2n) is 4.59. The number of carbonyl (C=O) groups excluding carboxylic acids is 2. The lowest BCUT2D eigenvalue weighted by molar-refractivity contribution is 0.101. The van der Waals surface area contributed by atoms with Crippen LogP contribution in [0.25, 0.3) is 0 Å². The predicted molar refractivity (Wildman–Crippen MR) is 81.4 cm³/mol. The summed E-state index contributed by atoms with van der Waals surface area (Å²) in [5.41, 5.74) is 2.09.